The molecule has 2 N–H and O–H groups in total. The van der Waals surface area contributed by atoms with E-state index in [-0.39, 0.29) is 25.5 Å². The SMILES string of the molecule is OCCCc1c(O)c(F)cc(F)c1F. The first-order chi connectivity index (χ1) is 6.57. The molecule has 1 rings (SSSR count). The van der Waals surface area contributed by atoms with Gasteiger partial charge in [-0.1, -0.05) is 0 Å². The molecule has 2 nitrogen and oxygen atoms in total. The van der Waals surface area contributed by atoms with Crippen molar-refractivity contribution in [2.75, 3.05) is 6.61 Å². The summed E-state index contributed by atoms with van der Waals surface area (Å²) in [6.07, 6.45) is 0.0240. The Morgan fingerprint density at radius 3 is 2.36 bits per heavy atom. The van der Waals surface area contributed by atoms with Gasteiger partial charge >= 0.3 is 0 Å². The van der Waals surface area contributed by atoms with Gasteiger partial charge in [-0.15, -0.1) is 0 Å². The lowest BCUT2D eigenvalue weighted by atomic mass is 10.1. The van der Waals surface area contributed by atoms with Crippen LogP contribution in [0.2, 0.25) is 0 Å². The van der Waals surface area contributed by atoms with E-state index < -0.39 is 28.8 Å². The van der Waals surface area contributed by atoms with Crippen molar-refractivity contribution in [1.29, 1.82) is 0 Å². The zero-order valence-electron chi connectivity index (χ0n) is 7.23. The minimum Gasteiger partial charge on any atom is -0.505 e. The van der Waals surface area contributed by atoms with Crippen LogP contribution < -0.4 is 0 Å². The smallest absolute Gasteiger partial charge is 0.168 e. The Labute approximate surface area is 78.6 Å². The third-order valence-electron chi connectivity index (χ3n) is 1.83. The van der Waals surface area contributed by atoms with E-state index in [1.54, 1.807) is 0 Å². The Morgan fingerprint density at radius 2 is 1.79 bits per heavy atom. The molecule has 0 fully saturated rings. The van der Waals surface area contributed by atoms with E-state index in [9.17, 15) is 13.2 Å². The number of phenolic OH excluding ortho intramolecular Hbond substituents is 1. The van der Waals surface area contributed by atoms with E-state index in [4.69, 9.17) is 10.2 Å². The van der Waals surface area contributed by atoms with E-state index in [2.05, 4.69) is 0 Å². The summed E-state index contributed by atoms with van der Waals surface area (Å²) >= 11 is 0. The van der Waals surface area contributed by atoms with Crippen LogP contribution in [0, 0.1) is 17.5 Å². The first kappa shape index (κ1) is 10.8. The van der Waals surface area contributed by atoms with Gasteiger partial charge in [0.15, 0.2) is 23.2 Å². The fourth-order valence-electron chi connectivity index (χ4n) is 1.12. The molecule has 0 amide bonds. The van der Waals surface area contributed by atoms with Crippen molar-refractivity contribution < 1.29 is 23.4 Å². The van der Waals surface area contributed by atoms with Crippen molar-refractivity contribution in [2.45, 2.75) is 12.8 Å². The molecule has 1 aromatic rings. The first-order valence-corrected chi connectivity index (χ1v) is 4.04. The number of aliphatic hydroxyl groups is 1. The highest BCUT2D eigenvalue weighted by Crippen LogP contribution is 2.27. The highest BCUT2D eigenvalue weighted by molar-refractivity contribution is 5.35. The molecule has 0 bridgehead atoms. The number of halogens is 3. The number of hydrogen-bond acceptors (Lipinski definition) is 2. The summed E-state index contributed by atoms with van der Waals surface area (Å²) in [7, 11) is 0. The van der Waals surface area contributed by atoms with Crippen molar-refractivity contribution in [3.63, 3.8) is 0 Å². The highest BCUT2D eigenvalue weighted by Gasteiger charge is 2.17. The topological polar surface area (TPSA) is 40.5 Å². The number of hydrogen-bond donors (Lipinski definition) is 2. The summed E-state index contributed by atoms with van der Waals surface area (Å²) in [6, 6.07) is 0.285. The van der Waals surface area contributed by atoms with Crippen LogP contribution in [0.25, 0.3) is 0 Å². The average molecular weight is 206 g/mol. The van der Waals surface area contributed by atoms with E-state index in [1.165, 1.54) is 0 Å². The van der Waals surface area contributed by atoms with Gasteiger partial charge in [-0.2, -0.15) is 0 Å². The Morgan fingerprint density at radius 1 is 1.14 bits per heavy atom. The average Bonchev–Trinajstić information content (AvgIpc) is 2.15. The standard InChI is InChI=1S/C9H9F3O2/c10-6-4-7(11)9(14)5(8(6)12)2-1-3-13/h4,13-14H,1-3H2. The summed E-state index contributed by atoms with van der Waals surface area (Å²) in [5.74, 6) is -4.69. The van der Waals surface area contributed by atoms with Crippen LogP contribution >= 0.6 is 0 Å². The summed E-state index contributed by atoms with van der Waals surface area (Å²) < 4.78 is 38.4. The normalized spacial score (nSPS) is 10.6. The maximum Gasteiger partial charge on any atom is 0.168 e. The number of aromatic hydroxyl groups is 1. The fraction of sp³-hybridized carbons (Fsp3) is 0.333. The predicted molar refractivity (Wildman–Crippen MR) is 43.4 cm³/mol. The van der Waals surface area contributed by atoms with Gasteiger partial charge in [-0.05, 0) is 12.8 Å². The van der Waals surface area contributed by atoms with Crippen LogP contribution in [0.5, 0.6) is 5.75 Å². The summed E-state index contributed by atoms with van der Waals surface area (Å²) in [5.41, 5.74) is -0.434. The van der Waals surface area contributed by atoms with Crippen molar-refractivity contribution in [3.05, 3.63) is 29.1 Å². The molecule has 0 aromatic heterocycles. The van der Waals surface area contributed by atoms with E-state index in [0.29, 0.717) is 0 Å². The van der Waals surface area contributed by atoms with E-state index in [0.717, 1.165) is 0 Å². The van der Waals surface area contributed by atoms with Crippen molar-refractivity contribution in [3.8, 4) is 5.75 Å². The van der Waals surface area contributed by atoms with Crippen LogP contribution in [-0.4, -0.2) is 16.8 Å². The first-order valence-electron chi connectivity index (χ1n) is 4.04. The number of benzene rings is 1. The van der Waals surface area contributed by atoms with Gasteiger partial charge in [0, 0.05) is 18.2 Å². The summed E-state index contributed by atoms with van der Waals surface area (Å²) in [6.45, 7) is -0.239. The maximum atomic E-state index is 13.0. The lowest BCUT2D eigenvalue weighted by molar-refractivity contribution is 0.286. The largest absolute Gasteiger partial charge is 0.505 e. The summed E-state index contributed by atoms with van der Waals surface area (Å²) in [5, 5.41) is 17.5. The second-order valence-corrected chi connectivity index (χ2v) is 2.81. The van der Waals surface area contributed by atoms with Gasteiger partial charge in [0.2, 0.25) is 0 Å². The number of phenols is 1. The van der Waals surface area contributed by atoms with Crippen LogP contribution in [0.15, 0.2) is 6.07 Å². The molecule has 0 radical (unpaired) electrons. The molecule has 14 heavy (non-hydrogen) atoms. The Hall–Kier alpha value is -1.23. The minimum absolute atomic E-state index is 0.108. The lowest BCUT2D eigenvalue weighted by Crippen LogP contribution is -1.99. The molecule has 0 aliphatic rings. The quantitative estimate of drug-likeness (QED) is 0.739. The number of rotatable bonds is 3. The zero-order valence-corrected chi connectivity index (χ0v) is 7.23. The molecule has 0 unspecified atom stereocenters. The second kappa shape index (κ2) is 4.32. The van der Waals surface area contributed by atoms with Gasteiger partial charge in [0.25, 0.3) is 0 Å². The van der Waals surface area contributed by atoms with Crippen LogP contribution in [0.1, 0.15) is 12.0 Å². The fourth-order valence-corrected chi connectivity index (χ4v) is 1.12. The molecule has 78 valence electrons. The molecule has 0 aliphatic carbocycles. The van der Waals surface area contributed by atoms with Gasteiger partial charge < -0.3 is 10.2 Å². The maximum absolute atomic E-state index is 13.0. The third kappa shape index (κ3) is 1.98. The molecule has 1 aromatic carbocycles. The Kier molecular flexibility index (Phi) is 3.35. The van der Waals surface area contributed by atoms with Gasteiger partial charge in [0.05, 0.1) is 0 Å². The van der Waals surface area contributed by atoms with Crippen LogP contribution in [-0.2, 0) is 6.42 Å². The van der Waals surface area contributed by atoms with Crippen molar-refractivity contribution >= 4 is 0 Å². The molecule has 0 atom stereocenters. The van der Waals surface area contributed by atoms with Gasteiger partial charge in [0.1, 0.15) is 0 Å². The molecule has 0 spiro atoms. The molecule has 0 aliphatic heterocycles. The summed E-state index contributed by atoms with van der Waals surface area (Å²) in [4.78, 5) is 0. The Balaban J connectivity index is 3.11. The second-order valence-electron chi connectivity index (χ2n) is 2.81. The van der Waals surface area contributed by atoms with Gasteiger partial charge in [-0.25, -0.2) is 13.2 Å². The van der Waals surface area contributed by atoms with Crippen LogP contribution in [0.4, 0.5) is 13.2 Å². The van der Waals surface area contributed by atoms with E-state index in [1.807, 2.05) is 0 Å². The van der Waals surface area contributed by atoms with Gasteiger partial charge in [-0.3, -0.25) is 0 Å². The third-order valence-corrected chi connectivity index (χ3v) is 1.83. The van der Waals surface area contributed by atoms with Crippen molar-refractivity contribution in [1.82, 2.24) is 0 Å². The monoisotopic (exact) mass is 206 g/mol. The molecular weight excluding hydrogens is 197 g/mol. The highest BCUT2D eigenvalue weighted by atomic mass is 19.2. The molecule has 0 saturated carbocycles. The molecule has 5 heteroatoms. The van der Waals surface area contributed by atoms with Crippen molar-refractivity contribution in [2.24, 2.45) is 0 Å². The zero-order chi connectivity index (χ0) is 10.7. The van der Waals surface area contributed by atoms with E-state index >= 15 is 0 Å². The molecule has 0 saturated heterocycles. The minimum atomic E-state index is -1.34. The number of aliphatic hydroxyl groups excluding tert-OH is 1. The van der Waals surface area contributed by atoms with Crippen LogP contribution in [0.3, 0.4) is 0 Å². The Bertz CT molecular complexity index is 313. The molecular formula is C9H9F3O2. The predicted octanol–water partition coefficient (Wildman–Crippen LogP) is 1.73. The lowest BCUT2D eigenvalue weighted by Gasteiger charge is -2.06. The molecule has 0 heterocycles.